The van der Waals surface area contributed by atoms with E-state index in [2.05, 4.69) is 16.9 Å². The zero-order chi connectivity index (χ0) is 12.4. The summed E-state index contributed by atoms with van der Waals surface area (Å²) in [6.07, 6.45) is 3.30. The second-order valence-corrected chi connectivity index (χ2v) is 5.29. The highest BCUT2D eigenvalue weighted by Gasteiger charge is 2.26. The summed E-state index contributed by atoms with van der Waals surface area (Å²) in [5, 5.41) is 5.28. The van der Waals surface area contributed by atoms with Crippen molar-refractivity contribution in [1.82, 2.24) is 14.7 Å². The molecule has 5 heteroatoms. The molecule has 2 heterocycles. The molecule has 17 heavy (non-hydrogen) atoms. The maximum absolute atomic E-state index is 6.36. The number of likely N-dealkylation sites (tertiary alicyclic amines) is 1. The van der Waals surface area contributed by atoms with Crippen molar-refractivity contribution in [3.63, 3.8) is 0 Å². The second-order valence-electron chi connectivity index (χ2n) is 4.61. The van der Waals surface area contributed by atoms with Crippen molar-refractivity contribution in [3.05, 3.63) is 16.4 Å². The van der Waals surface area contributed by atoms with Crippen molar-refractivity contribution >= 4 is 23.2 Å². The smallest absolute Gasteiger partial charge is 0.0863 e. The Balaban J connectivity index is 2.15. The SMILES string of the molecule is CCc1nn(C)c(CN2CCCC2CCl)c1Cl. The van der Waals surface area contributed by atoms with Gasteiger partial charge in [-0.05, 0) is 25.8 Å². The van der Waals surface area contributed by atoms with Crippen LogP contribution < -0.4 is 0 Å². The molecule has 1 fully saturated rings. The Bertz CT molecular complexity index is 389. The largest absolute Gasteiger partial charge is 0.293 e. The maximum atomic E-state index is 6.36. The molecule has 0 bridgehead atoms. The quantitative estimate of drug-likeness (QED) is 0.788. The molecule has 2 rings (SSSR count). The molecule has 0 N–H and O–H groups in total. The second kappa shape index (κ2) is 5.59. The Morgan fingerprint density at radius 2 is 2.24 bits per heavy atom. The first-order valence-electron chi connectivity index (χ1n) is 6.17. The predicted octanol–water partition coefficient (Wildman–Crippen LogP) is 2.84. The van der Waals surface area contributed by atoms with Gasteiger partial charge in [0.1, 0.15) is 0 Å². The van der Waals surface area contributed by atoms with Gasteiger partial charge < -0.3 is 0 Å². The fourth-order valence-electron chi connectivity index (χ4n) is 2.46. The van der Waals surface area contributed by atoms with Gasteiger partial charge in [-0.3, -0.25) is 9.58 Å². The minimum absolute atomic E-state index is 0.493. The Morgan fingerprint density at radius 1 is 1.47 bits per heavy atom. The Kier molecular flexibility index (Phi) is 4.34. The van der Waals surface area contributed by atoms with Crippen LogP contribution in [0.5, 0.6) is 0 Å². The molecular weight excluding hydrogens is 257 g/mol. The summed E-state index contributed by atoms with van der Waals surface area (Å²) >= 11 is 12.3. The zero-order valence-electron chi connectivity index (χ0n) is 10.4. The van der Waals surface area contributed by atoms with Gasteiger partial charge in [-0.15, -0.1) is 11.6 Å². The number of hydrogen-bond acceptors (Lipinski definition) is 2. The summed E-state index contributed by atoms with van der Waals surface area (Å²) < 4.78 is 1.91. The molecule has 1 saturated heterocycles. The van der Waals surface area contributed by atoms with Crippen LogP contribution in [0.3, 0.4) is 0 Å². The fourth-order valence-corrected chi connectivity index (χ4v) is 3.16. The summed E-state index contributed by atoms with van der Waals surface area (Å²) in [5.74, 6) is 0.704. The van der Waals surface area contributed by atoms with E-state index in [4.69, 9.17) is 23.2 Å². The molecule has 0 radical (unpaired) electrons. The van der Waals surface area contributed by atoms with Gasteiger partial charge in [-0.25, -0.2) is 0 Å². The fraction of sp³-hybridized carbons (Fsp3) is 0.750. The van der Waals surface area contributed by atoms with Crippen LogP contribution in [0.4, 0.5) is 0 Å². The minimum Gasteiger partial charge on any atom is -0.293 e. The number of hydrogen-bond donors (Lipinski definition) is 0. The van der Waals surface area contributed by atoms with Crippen molar-refractivity contribution in [2.45, 2.75) is 38.8 Å². The van der Waals surface area contributed by atoms with Crippen LogP contribution in [-0.2, 0) is 20.0 Å². The number of rotatable bonds is 4. The summed E-state index contributed by atoms with van der Waals surface area (Å²) in [7, 11) is 1.96. The van der Waals surface area contributed by atoms with E-state index in [0.717, 1.165) is 35.9 Å². The first-order chi connectivity index (χ1) is 8.17. The van der Waals surface area contributed by atoms with Crippen molar-refractivity contribution in [2.24, 2.45) is 7.05 Å². The molecule has 1 aliphatic rings. The van der Waals surface area contributed by atoms with E-state index in [1.165, 1.54) is 12.8 Å². The molecule has 96 valence electrons. The summed E-state index contributed by atoms with van der Waals surface area (Å²) in [4.78, 5) is 2.41. The van der Waals surface area contributed by atoms with E-state index in [0.29, 0.717) is 11.9 Å². The lowest BCUT2D eigenvalue weighted by Gasteiger charge is -2.22. The highest BCUT2D eigenvalue weighted by Crippen LogP contribution is 2.26. The summed E-state index contributed by atoms with van der Waals surface area (Å²) in [6.45, 7) is 4.05. The molecule has 0 aromatic carbocycles. The Hall–Kier alpha value is -0.250. The molecule has 0 aliphatic carbocycles. The van der Waals surface area contributed by atoms with Gasteiger partial charge >= 0.3 is 0 Å². The highest BCUT2D eigenvalue weighted by atomic mass is 35.5. The normalized spacial score (nSPS) is 21.3. The van der Waals surface area contributed by atoms with Crippen LogP contribution in [0, 0.1) is 0 Å². The van der Waals surface area contributed by atoms with E-state index >= 15 is 0 Å². The van der Waals surface area contributed by atoms with Gasteiger partial charge in [-0.1, -0.05) is 18.5 Å². The molecule has 3 nitrogen and oxygen atoms in total. The van der Waals surface area contributed by atoms with Crippen LogP contribution in [0.25, 0.3) is 0 Å². The van der Waals surface area contributed by atoms with Crippen LogP contribution in [-0.4, -0.2) is 33.1 Å². The predicted molar refractivity (Wildman–Crippen MR) is 71.7 cm³/mol. The summed E-state index contributed by atoms with van der Waals surface area (Å²) in [6, 6.07) is 0.493. The first-order valence-corrected chi connectivity index (χ1v) is 7.08. The van der Waals surface area contributed by atoms with Crippen molar-refractivity contribution in [1.29, 1.82) is 0 Å². The van der Waals surface area contributed by atoms with Gasteiger partial charge in [0.15, 0.2) is 0 Å². The van der Waals surface area contributed by atoms with Crippen LogP contribution in [0.2, 0.25) is 5.02 Å². The van der Waals surface area contributed by atoms with Gasteiger partial charge in [0, 0.05) is 25.5 Å². The molecule has 1 unspecified atom stereocenters. The minimum atomic E-state index is 0.493. The molecule has 1 aromatic rings. The standard InChI is InChI=1S/C12H19Cl2N3/c1-3-10-12(14)11(16(2)15-10)8-17-6-4-5-9(17)7-13/h9H,3-8H2,1-2H3. The first kappa shape index (κ1) is 13.2. The topological polar surface area (TPSA) is 21.1 Å². The third-order valence-corrected chi connectivity index (χ3v) is 4.33. The van der Waals surface area contributed by atoms with Crippen molar-refractivity contribution < 1.29 is 0 Å². The number of halogens is 2. The monoisotopic (exact) mass is 275 g/mol. The molecule has 1 aliphatic heterocycles. The lowest BCUT2D eigenvalue weighted by molar-refractivity contribution is 0.256. The molecule has 0 amide bonds. The third-order valence-electron chi connectivity index (χ3n) is 3.53. The van der Waals surface area contributed by atoms with E-state index in [9.17, 15) is 0 Å². The van der Waals surface area contributed by atoms with Gasteiger partial charge in [0.25, 0.3) is 0 Å². The van der Waals surface area contributed by atoms with Crippen molar-refractivity contribution in [3.8, 4) is 0 Å². The van der Waals surface area contributed by atoms with Crippen LogP contribution >= 0.6 is 23.2 Å². The van der Waals surface area contributed by atoms with Gasteiger partial charge in [0.2, 0.25) is 0 Å². The lowest BCUT2D eigenvalue weighted by atomic mass is 10.2. The van der Waals surface area contributed by atoms with Crippen molar-refractivity contribution in [2.75, 3.05) is 12.4 Å². The van der Waals surface area contributed by atoms with Gasteiger partial charge in [-0.2, -0.15) is 5.10 Å². The molecule has 0 saturated carbocycles. The zero-order valence-corrected chi connectivity index (χ0v) is 11.9. The van der Waals surface area contributed by atoms with Crippen LogP contribution in [0.1, 0.15) is 31.2 Å². The van der Waals surface area contributed by atoms with E-state index < -0.39 is 0 Å². The number of aromatic nitrogens is 2. The van der Waals surface area contributed by atoms with E-state index in [1.54, 1.807) is 0 Å². The third kappa shape index (κ3) is 2.61. The molecule has 0 spiro atoms. The molecule has 1 aromatic heterocycles. The Labute approximate surface area is 113 Å². The number of aryl methyl sites for hydroxylation is 2. The lowest BCUT2D eigenvalue weighted by Crippen LogP contribution is -2.31. The highest BCUT2D eigenvalue weighted by molar-refractivity contribution is 6.31. The van der Waals surface area contributed by atoms with E-state index in [-0.39, 0.29) is 0 Å². The van der Waals surface area contributed by atoms with E-state index in [1.807, 2.05) is 11.7 Å². The average molecular weight is 276 g/mol. The maximum Gasteiger partial charge on any atom is 0.0863 e. The Morgan fingerprint density at radius 3 is 2.82 bits per heavy atom. The number of nitrogens with zero attached hydrogens (tertiary/aromatic N) is 3. The molecule has 1 atom stereocenters. The average Bonchev–Trinajstić information content (AvgIpc) is 2.88. The summed E-state index contributed by atoms with van der Waals surface area (Å²) in [5.41, 5.74) is 2.10. The van der Waals surface area contributed by atoms with Gasteiger partial charge in [0.05, 0.1) is 16.4 Å². The molecular formula is C12H19Cl2N3. The number of alkyl halides is 1. The van der Waals surface area contributed by atoms with Crippen LogP contribution in [0.15, 0.2) is 0 Å².